The van der Waals surface area contributed by atoms with Gasteiger partial charge in [-0.05, 0) is 24.3 Å². The van der Waals surface area contributed by atoms with Gasteiger partial charge >= 0.3 is 0 Å². The highest BCUT2D eigenvalue weighted by molar-refractivity contribution is 7.99. The molecule has 0 aliphatic carbocycles. The van der Waals surface area contributed by atoms with Gasteiger partial charge in [0.25, 0.3) is 5.91 Å². The van der Waals surface area contributed by atoms with Crippen molar-refractivity contribution in [3.05, 3.63) is 73.0 Å². The van der Waals surface area contributed by atoms with E-state index in [4.69, 9.17) is 4.42 Å². The molecule has 0 fully saturated rings. The third kappa shape index (κ3) is 5.58. The number of allylic oxidation sites excluding steroid dienone is 1. The van der Waals surface area contributed by atoms with Gasteiger partial charge in [0.2, 0.25) is 0 Å². The Bertz CT molecular complexity index is 921. The SMILES string of the molecule is C=CCn1c(CNc2ccccc2)nnc1SCC(=O)N/N=C/c1ccco1. The zero-order chi connectivity index (χ0) is 19.6. The van der Waals surface area contributed by atoms with E-state index in [0.29, 0.717) is 24.0 Å². The van der Waals surface area contributed by atoms with Gasteiger partial charge in [0.15, 0.2) is 11.0 Å². The summed E-state index contributed by atoms with van der Waals surface area (Å²) in [6.07, 6.45) is 4.75. The van der Waals surface area contributed by atoms with Crippen molar-refractivity contribution in [2.45, 2.75) is 18.2 Å². The summed E-state index contributed by atoms with van der Waals surface area (Å²) < 4.78 is 7.03. The maximum Gasteiger partial charge on any atom is 0.250 e. The molecule has 1 aromatic carbocycles. The zero-order valence-electron chi connectivity index (χ0n) is 15.1. The summed E-state index contributed by atoms with van der Waals surface area (Å²) in [5, 5.41) is 16.2. The van der Waals surface area contributed by atoms with E-state index in [1.165, 1.54) is 24.2 Å². The van der Waals surface area contributed by atoms with Crippen LogP contribution in [-0.4, -0.2) is 32.6 Å². The number of anilines is 1. The van der Waals surface area contributed by atoms with Crippen LogP contribution >= 0.6 is 11.8 Å². The molecule has 0 bridgehead atoms. The minimum absolute atomic E-state index is 0.164. The molecular formula is C19H20N6O2S. The van der Waals surface area contributed by atoms with Gasteiger partial charge in [-0.3, -0.25) is 4.79 Å². The molecule has 2 aromatic heterocycles. The second kappa shape index (κ2) is 10.1. The van der Waals surface area contributed by atoms with Crippen LogP contribution in [0.4, 0.5) is 5.69 Å². The Labute approximate surface area is 166 Å². The number of para-hydroxylation sites is 1. The number of nitrogens with one attached hydrogen (secondary N) is 2. The number of nitrogens with zero attached hydrogens (tertiary/aromatic N) is 4. The average Bonchev–Trinajstić information content (AvgIpc) is 3.36. The number of carbonyl (C=O) groups excluding carboxylic acids is 1. The maximum atomic E-state index is 12.0. The summed E-state index contributed by atoms with van der Waals surface area (Å²) in [6.45, 7) is 4.86. The van der Waals surface area contributed by atoms with E-state index in [2.05, 4.69) is 32.6 Å². The molecule has 0 spiro atoms. The number of carbonyl (C=O) groups is 1. The molecule has 3 aromatic rings. The van der Waals surface area contributed by atoms with Crippen molar-refractivity contribution in [2.24, 2.45) is 5.10 Å². The van der Waals surface area contributed by atoms with Gasteiger partial charge in [-0.2, -0.15) is 5.10 Å². The quantitative estimate of drug-likeness (QED) is 0.237. The highest BCUT2D eigenvalue weighted by atomic mass is 32.2. The lowest BCUT2D eigenvalue weighted by atomic mass is 10.3. The van der Waals surface area contributed by atoms with Gasteiger partial charge in [-0.15, -0.1) is 16.8 Å². The molecule has 0 saturated heterocycles. The molecule has 144 valence electrons. The Morgan fingerprint density at radius 2 is 2.11 bits per heavy atom. The van der Waals surface area contributed by atoms with Crippen LogP contribution in [0.15, 0.2) is 76.1 Å². The number of benzene rings is 1. The Morgan fingerprint density at radius 3 is 2.86 bits per heavy atom. The van der Waals surface area contributed by atoms with Crippen molar-refractivity contribution in [1.29, 1.82) is 0 Å². The highest BCUT2D eigenvalue weighted by Crippen LogP contribution is 2.18. The first-order valence-corrected chi connectivity index (χ1v) is 9.55. The summed E-state index contributed by atoms with van der Waals surface area (Å²) in [4.78, 5) is 12.0. The number of rotatable bonds is 10. The van der Waals surface area contributed by atoms with E-state index in [0.717, 1.165) is 11.5 Å². The lowest BCUT2D eigenvalue weighted by molar-refractivity contribution is -0.118. The van der Waals surface area contributed by atoms with Crippen LogP contribution in [0.1, 0.15) is 11.6 Å². The van der Waals surface area contributed by atoms with Crippen LogP contribution in [0.25, 0.3) is 0 Å². The van der Waals surface area contributed by atoms with E-state index in [1.54, 1.807) is 18.2 Å². The lowest BCUT2D eigenvalue weighted by Gasteiger charge is -2.09. The van der Waals surface area contributed by atoms with E-state index >= 15 is 0 Å². The molecule has 0 unspecified atom stereocenters. The normalized spacial score (nSPS) is 10.9. The summed E-state index contributed by atoms with van der Waals surface area (Å²) in [5.74, 6) is 1.25. The van der Waals surface area contributed by atoms with Gasteiger partial charge in [0, 0.05) is 12.2 Å². The van der Waals surface area contributed by atoms with Crippen LogP contribution in [0.5, 0.6) is 0 Å². The lowest BCUT2D eigenvalue weighted by Crippen LogP contribution is -2.20. The van der Waals surface area contributed by atoms with E-state index in [1.807, 2.05) is 34.9 Å². The van der Waals surface area contributed by atoms with Gasteiger partial charge in [-0.1, -0.05) is 36.0 Å². The smallest absolute Gasteiger partial charge is 0.250 e. The van der Waals surface area contributed by atoms with Crippen molar-refractivity contribution < 1.29 is 9.21 Å². The largest absolute Gasteiger partial charge is 0.463 e. The van der Waals surface area contributed by atoms with Gasteiger partial charge < -0.3 is 14.3 Å². The molecule has 28 heavy (non-hydrogen) atoms. The van der Waals surface area contributed by atoms with Gasteiger partial charge in [0.1, 0.15) is 5.76 Å². The first kappa shape index (κ1) is 19.4. The molecule has 0 aliphatic heterocycles. The molecule has 2 heterocycles. The Balaban J connectivity index is 1.54. The number of thioether (sulfide) groups is 1. The molecule has 0 radical (unpaired) electrons. The predicted octanol–water partition coefficient (Wildman–Crippen LogP) is 2.91. The second-order valence-electron chi connectivity index (χ2n) is 5.61. The van der Waals surface area contributed by atoms with Crippen LogP contribution in [0, 0.1) is 0 Å². The fourth-order valence-corrected chi connectivity index (χ4v) is 3.06. The van der Waals surface area contributed by atoms with Crippen molar-refractivity contribution in [1.82, 2.24) is 20.2 Å². The highest BCUT2D eigenvalue weighted by Gasteiger charge is 2.13. The summed E-state index contributed by atoms with van der Waals surface area (Å²) in [5.41, 5.74) is 3.45. The molecule has 2 N–H and O–H groups in total. The molecule has 1 amide bonds. The molecule has 0 aliphatic rings. The van der Waals surface area contributed by atoms with Crippen LogP contribution in [0.3, 0.4) is 0 Å². The van der Waals surface area contributed by atoms with Crippen molar-refractivity contribution >= 4 is 29.6 Å². The third-order valence-electron chi connectivity index (χ3n) is 3.59. The minimum atomic E-state index is -0.245. The fraction of sp³-hybridized carbons (Fsp3) is 0.158. The molecule has 9 heteroatoms. The first-order chi connectivity index (χ1) is 13.8. The molecule has 0 saturated carbocycles. The molecular weight excluding hydrogens is 376 g/mol. The molecule has 8 nitrogen and oxygen atoms in total. The van der Waals surface area contributed by atoms with E-state index in [9.17, 15) is 4.79 Å². The van der Waals surface area contributed by atoms with Crippen molar-refractivity contribution in [3.63, 3.8) is 0 Å². The topological polar surface area (TPSA) is 97.3 Å². The fourth-order valence-electron chi connectivity index (χ4n) is 2.30. The average molecular weight is 396 g/mol. The second-order valence-corrected chi connectivity index (χ2v) is 6.56. The number of hydrazone groups is 1. The van der Waals surface area contributed by atoms with Crippen LogP contribution in [0.2, 0.25) is 0 Å². The predicted molar refractivity (Wildman–Crippen MR) is 109 cm³/mol. The molecule has 0 atom stereocenters. The Kier molecular flexibility index (Phi) is 7.02. The Morgan fingerprint density at radius 1 is 1.25 bits per heavy atom. The van der Waals surface area contributed by atoms with Crippen LogP contribution < -0.4 is 10.7 Å². The monoisotopic (exact) mass is 396 g/mol. The number of hydrogen-bond acceptors (Lipinski definition) is 7. The van der Waals surface area contributed by atoms with E-state index < -0.39 is 0 Å². The maximum absolute atomic E-state index is 12.0. The van der Waals surface area contributed by atoms with E-state index in [-0.39, 0.29) is 11.7 Å². The van der Waals surface area contributed by atoms with Gasteiger partial charge in [0.05, 0.1) is 24.8 Å². The number of hydrogen-bond donors (Lipinski definition) is 2. The molecule has 3 rings (SSSR count). The zero-order valence-corrected chi connectivity index (χ0v) is 15.9. The summed E-state index contributed by atoms with van der Waals surface area (Å²) in [6, 6.07) is 13.3. The van der Waals surface area contributed by atoms with Crippen LogP contribution in [-0.2, 0) is 17.9 Å². The Hall–Kier alpha value is -3.33. The van der Waals surface area contributed by atoms with Crippen molar-refractivity contribution in [2.75, 3.05) is 11.1 Å². The standard InChI is InChI=1S/C19H20N6O2S/c1-2-10-25-17(13-20-15-7-4-3-5-8-15)22-24-19(25)28-14-18(26)23-21-12-16-9-6-11-27-16/h2-9,11-12,20H,1,10,13-14H2,(H,23,26)/b21-12+. The first-order valence-electron chi connectivity index (χ1n) is 8.56. The number of amides is 1. The van der Waals surface area contributed by atoms with Gasteiger partial charge in [-0.25, -0.2) is 5.43 Å². The van der Waals surface area contributed by atoms with Crippen molar-refractivity contribution in [3.8, 4) is 0 Å². The third-order valence-corrected chi connectivity index (χ3v) is 4.55. The minimum Gasteiger partial charge on any atom is -0.463 e. The summed E-state index contributed by atoms with van der Waals surface area (Å²) in [7, 11) is 0. The number of aromatic nitrogens is 3. The number of furan rings is 1. The summed E-state index contributed by atoms with van der Waals surface area (Å²) >= 11 is 1.29.